The minimum absolute atomic E-state index is 0.130. The predicted molar refractivity (Wildman–Crippen MR) is 69.8 cm³/mol. The van der Waals surface area contributed by atoms with Crippen LogP contribution in [0.25, 0.3) is 11.1 Å². The molecule has 0 aliphatic rings. The van der Waals surface area contributed by atoms with Crippen molar-refractivity contribution in [1.29, 1.82) is 0 Å². The number of hydrogen-bond donors (Lipinski definition) is 0. The van der Waals surface area contributed by atoms with Gasteiger partial charge >= 0.3 is 0 Å². The van der Waals surface area contributed by atoms with Crippen LogP contribution in [0.1, 0.15) is 10.4 Å². The first-order valence-corrected chi connectivity index (χ1v) is 5.61. The van der Waals surface area contributed by atoms with Crippen molar-refractivity contribution in [3.63, 3.8) is 0 Å². The summed E-state index contributed by atoms with van der Waals surface area (Å²) in [5, 5.41) is 0. The van der Waals surface area contributed by atoms with Crippen LogP contribution in [-0.2, 0) is 4.74 Å². The number of benzene rings is 2. The van der Waals surface area contributed by atoms with Crippen LogP contribution in [0.2, 0.25) is 0 Å². The molecule has 18 heavy (non-hydrogen) atoms. The molecule has 0 radical (unpaired) electrons. The third-order valence-corrected chi connectivity index (χ3v) is 2.58. The number of methoxy groups -OCH3 is 1. The molecule has 2 aromatic carbocycles. The maximum Gasteiger partial charge on any atom is 0.188 e. The van der Waals surface area contributed by atoms with Crippen LogP contribution in [-0.4, -0.2) is 20.2 Å². The van der Waals surface area contributed by atoms with Crippen LogP contribution in [0.5, 0.6) is 5.75 Å². The van der Waals surface area contributed by atoms with Crippen LogP contribution in [0.4, 0.5) is 0 Å². The highest BCUT2D eigenvalue weighted by Crippen LogP contribution is 2.25. The molecule has 0 atom stereocenters. The van der Waals surface area contributed by atoms with Crippen LogP contribution in [0.15, 0.2) is 48.5 Å². The Morgan fingerprint density at radius 1 is 1.06 bits per heavy atom. The number of rotatable bonds is 5. The van der Waals surface area contributed by atoms with E-state index in [2.05, 4.69) is 0 Å². The molecule has 2 rings (SSSR count). The van der Waals surface area contributed by atoms with Gasteiger partial charge in [0.25, 0.3) is 0 Å². The fourth-order valence-corrected chi connectivity index (χ4v) is 1.70. The molecule has 0 N–H and O–H groups in total. The lowest BCUT2D eigenvalue weighted by molar-refractivity contribution is 0.0505. The molecule has 0 saturated carbocycles. The summed E-state index contributed by atoms with van der Waals surface area (Å²) in [5.74, 6) is 0.534. The van der Waals surface area contributed by atoms with E-state index in [1.807, 2.05) is 42.5 Å². The number of ether oxygens (including phenoxy) is 2. The van der Waals surface area contributed by atoms with E-state index >= 15 is 0 Å². The van der Waals surface area contributed by atoms with Gasteiger partial charge in [-0.1, -0.05) is 36.4 Å². The van der Waals surface area contributed by atoms with E-state index in [9.17, 15) is 4.79 Å². The van der Waals surface area contributed by atoms with Crippen molar-refractivity contribution in [1.82, 2.24) is 0 Å². The molecule has 0 aliphatic carbocycles. The van der Waals surface area contributed by atoms with Gasteiger partial charge in [-0.3, -0.25) is 4.79 Å². The summed E-state index contributed by atoms with van der Waals surface area (Å²) >= 11 is 0. The highest BCUT2D eigenvalue weighted by molar-refractivity contribution is 5.83. The van der Waals surface area contributed by atoms with Gasteiger partial charge in [0.1, 0.15) is 5.75 Å². The second-order valence-electron chi connectivity index (χ2n) is 3.79. The van der Waals surface area contributed by atoms with Gasteiger partial charge in [0.2, 0.25) is 0 Å². The Balaban J connectivity index is 2.33. The maximum atomic E-state index is 11.1. The van der Waals surface area contributed by atoms with E-state index in [1.165, 1.54) is 0 Å². The molecule has 92 valence electrons. The molecule has 0 fully saturated rings. The zero-order valence-corrected chi connectivity index (χ0v) is 10.1. The molecule has 0 aliphatic heterocycles. The lowest BCUT2D eigenvalue weighted by Crippen LogP contribution is -2.01. The van der Waals surface area contributed by atoms with Gasteiger partial charge < -0.3 is 9.47 Å². The fourth-order valence-electron chi connectivity index (χ4n) is 1.70. The van der Waals surface area contributed by atoms with E-state index < -0.39 is 0 Å². The first-order chi connectivity index (χ1) is 8.85. The minimum Gasteiger partial charge on any atom is -0.467 e. The first-order valence-electron chi connectivity index (χ1n) is 5.61. The minimum atomic E-state index is 0.130. The highest BCUT2D eigenvalue weighted by atomic mass is 16.7. The summed E-state index contributed by atoms with van der Waals surface area (Å²) in [4.78, 5) is 11.1. The molecular weight excluding hydrogens is 228 g/mol. The molecule has 3 nitrogen and oxygen atoms in total. The van der Waals surface area contributed by atoms with Gasteiger partial charge in [-0.15, -0.1) is 0 Å². The average molecular weight is 242 g/mol. The van der Waals surface area contributed by atoms with Crippen LogP contribution >= 0.6 is 0 Å². The van der Waals surface area contributed by atoms with Crippen molar-refractivity contribution in [2.45, 2.75) is 0 Å². The van der Waals surface area contributed by atoms with Gasteiger partial charge in [0.15, 0.2) is 13.1 Å². The molecule has 0 bridgehead atoms. The van der Waals surface area contributed by atoms with Crippen molar-refractivity contribution < 1.29 is 14.3 Å². The zero-order valence-electron chi connectivity index (χ0n) is 10.1. The number of carbonyl (C=O) groups excluding carboxylic acids is 1. The van der Waals surface area contributed by atoms with Crippen molar-refractivity contribution in [3.8, 4) is 16.9 Å². The highest BCUT2D eigenvalue weighted by Gasteiger charge is 2.05. The van der Waals surface area contributed by atoms with E-state index in [-0.39, 0.29) is 6.79 Å². The van der Waals surface area contributed by atoms with Crippen LogP contribution < -0.4 is 4.74 Å². The zero-order chi connectivity index (χ0) is 12.8. The summed E-state index contributed by atoms with van der Waals surface area (Å²) in [5.41, 5.74) is 2.58. The largest absolute Gasteiger partial charge is 0.467 e. The van der Waals surface area contributed by atoms with Crippen molar-refractivity contribution in [2.24, 2.45) is 0 Å². The Morgan fingerprint density at radius 2 is 1.83 bits per heavy atom. The van der Waals surface area contributed by atoms with Gasteiger partial charge in [-0.2, -0.15) is 0 Å². The average Bonchev–Trinajstić information content (AvgIpc) is 2.46. The summed E-state index contributed by atoms with van der Waals surface area (Å²) in [7, 11) is 1.54. The molecule has 3 heteroatoms. The Labute approximate surface area is 106 Å². The van der Waals surface area contributed by atoms with E-state index in [0.717, 1.165) is 17.4 Å². The molecular formula is C15H14O3. The smallest absolute Gasteiger partial charge is 0.188 e. The quantitative estimate of drug-likeness (QED) is 0.597. The van der Waals surface area contributed by atoms with Gasteiger partial charge in [-0.05, 0) is 23.3 Å². The van der Waals surface area contributed by atoms with E-state index in [1.54, 1.807) is 13.2 Å². The first kappa shape index (κ1) is 12.3. The van der Waals surface area contributed by atoms with Crippen molar-refractivity contribution >= 4 is 6.29 Å². The lowest BCUT2D eigenvalue weighted by Gasteiger charge is -2.09. The molecule has 2 aromatic rings. The van der Waals surface area contributed by atoms with E-state index in [0.29, 0.717) is 11.3 Å². The predicted octanol–water partition coefficient (Wildman–Crippen LogP) is 3.15. The van der Waals surface area contributed by atoms with Crippen molar-refractivity contribution in [2.75, 3.05) is 13.9 Å². The van der Waals surface area contributed by atoms with Crippen molar-refractivity contribution in [3.05, 3.63) is 54.1 Å². The third-order valence-electron chi connectivity index (χ3n) is 2.58. The number of aldehydes is 1. The normalized spacial score (nSPS) is 10.1. The molecule has 0 amide bonds. The lowest BCUT2D eigenvalue weighted by atomic mass is 10.0. The molecule has 0 aromatic heterocycles. The fraction of sp³-hybridized carbons (Fsp3) is 0.133. The Hall–Kier alpha value is -2.13. The van der Waals surface area contributed by atoms with Crippen LogP contribution in [0.3, 0.4) is 0 Å². The van der Waals surface area contributed by atoms with Gasteiger partial charge in [0.05, 0.1) is 5.56 Å². The van der Waals surface area contributed by atoms with Gasteiger partial charge in [-0.25, -0.2) is 0 Å². The molecule has 0 heterocycles. The topological polar surface area (TPSA) is 35.5 Å². The summed E-state index contributed by atoms with van der Waals surface area (Å²) < 4.78 is 10.1. The molecule has 0 unspecified atom stereocenters. The third kappa shape index (κ3) is 2.76. The Kier molecular flexibility index (Phi) is 4.10. The number of hydrogen-bond acceptors (Lipinski definition) is 3. The van der Waals surface area contributed by atoms with E-state index in [4.69, 9.17) is 9.47 Å². The molecule has 0 saturated heterocycles. The monoisotopic (exact) mass is 242 g/mol. The summed E-state index contributed by atoms with van der Waals surface area (Å²) in [6.07, 6.45) is 0.789. The SMILES string of the molecule is COCOc1ccc(-c2ccccc2)cc1C=O. The Morgan fingerprint density at radius 3 is 2.50 bits per heavy atom. The summed E-state index contributed by atoms with van der Waals surface area (Å²) in [6, 6.07) is 15.4. The maximum absolute atomic E-state index is 11.1. The summed E-state index contributed by atoms with van der Waals surface area (Å²) in [6.45, 7) is 0.130. The van der Waals surface area contributed by atoms with Crippen LogP contribution in [0, 0.1) is 0 Å². The second kappa shape index (κ2) is 5.98. The Bertz CT molecular complexity index is 521. The second-order valence-corrected chi connectivity index (χ2v) is 3.79. The standard InChI is InChI=1S/C15H14O3/c1-17-11-18-15-8-7-13(9-14(15)10-16)12-5-3-2-4-6-12/h2-10H,11H2,1H3. The number of carbonyl (C=O) groups is 1. The van der Waals surface area contributed by atoms with Gasteiger partial charge in [0, 0.05) is 7.11 Å². The molecule has 0 spiro atoms.